The van der Waals surface area contributed by atoms with E-state index in [2.05, 4.69) is 22.5 Å². The number of hydrogen-bond donors (Lipinski definition) is 0. The third kappa shape index (κ3) is 2.35. The minimum Gasteiger partial charge on any atom is -0.0944 e. The predicted octanol–water partition coefficient (Wildman–Crippen LogP) is 3.75. The fraction of sp³-hybridized carbons (Fsp3) is 0.111. The molecule has 0 aromatic heterocycles. The van der Waals surface area contributed by atoms with Crippen molar-refractivity contribution in [1.29, 1.82) is 0 Å². The van der Waals surface area contributed by atoms with Crippen LogP contribution >= 0.6 is 27.5 Å². The molecule has 0 N–H and O–H groups in total. The first-order valence-electron chi connectivity index (χ1n) is 3.23. The molecule has 1 aromatic carbocycles. The first kappa shape index (κ1) is 8.82. The number of alkyl halides is 1. The maximum Gasteiger partial charge on any atom is 0.0406 e. The Balaban J connectivity index is 2.90. The molecule has 1 rings (SSSR count). The smallest absolute Gasteiger partial charge is 0.0406 e. The van der Waals surface area contributed by atoms with Crippen LogP contribution in [0.1, 0.15) is 5.56 Å². The van der Waals surface area contributed by atoms with Crippen molar-refractivity contribution in [3.63, 3.8) is 0 Å². The molecule has 0 bridgehead atoms. The van der Waals surface area contributed by atoms with E-state index in [-0.39, 0.29) is 0 Å². The summed E-state index contributed by atoms with van der Waals surface area (Å²) in [7, 11) is 0. The van der Waals surface area contributed by atoms with Crippen LogP contribution in [-0.2, 0) is 0 Å². The number of benzene rings is 1. The van der Waals surface area contributed by atoms with Crippen molar-refractivity contribution >= 4 is 33.1 Å². The Morgan fingerprint density at radius 2 is 1.91 bits per heavy atom. The zero-order chi connectivity index (χ0) is 8.27. The maximum absolute atomic E-state index is 5.72. The Labute approximate surface area is 80.0 Å². The summed E-state index contributed by atoms with van der Waals surface area (Å²) >= 11 is 9.06. The maximum atomic E-state index is 5.72. The van der Waals surface area contributed by atoms with E-state index < -0.39 is 0 Å². The minimum atomic E-state index is 0.760. The van der Waals surface area contributed by atoms with Gasteiger partial charge in [0.15, 0.2) is 0 Å². The highest BCUT2D eigenvalue weighted by Crippen LogP contribution is 2.17. The van der Waals surface area contributed by atoms with Gasteiger partial charge in [-0.1, -0.05) is 46.2 Å². The highest BCUT2D eigenvalue weighted by atomic mass is 79.9. The van der Waals surface area contributed by atoms with Gasteiger partial charge in [0.25, 0.3) is 0 Å². The Morgan fingerprint density at radius 1 is 1.36 bits per heavy atom. The number of hydrogen-bond acceptors (Lipinski definition) is 0. The van der Waals surface area contributed by atoms with Crippen LogP contribution in [0.15, 0.2) is 30.8 Å². The molecule has 0 unspecified atom stereocenters. The van der Waals surface area contributed by atoms with Crippen LogP contribution in [0.4, 0.5) is 0 Å². The second kappa shape index (κ2) is 3.93. The van der Waals surface area contributed by atoms with E-state index in [1.54, 1.807) is 0 Å². The molecular formula is C9H8BrCl. The van der Waals surface area contributed by atoms with Crippen molar-refractivity contribution in [3.8, 4) is 0 Å². The highest BCUT2D eigenvalue weighted by Gasteiger charge is 1.95. The molecule has 1 aromatic rings. The van der Waals surface area contributed by atoms with E-state index in [4.69, 9.17) is 11.6 Å². The van der Waals surface area contributed by atoms with Crippen molar-refractivity contribution in [2.24, 2.45) is 0 Å². The number of allylic oxidation sites excluding steroid dienone is 1. The lowest BCUT2D eigenvalue weighted by molar-refractivity contribution is 1.60. The monoisotopic (exact) mass is 230 g/mol. The third-order valence-electron chi connectivity index (χ3n) is 1.41. The van der Waals surface area contributed by atoms with Crippen molar-refractivity contribution in [1.82, 2.24) is 0 Å². The second-order valence-corrected chi connectivity index (χ2v) is 3.24. The van der Waals surface area contributed by atoms with Gasteiger partial charge in [-0.3, -0.25) is 0 Å². The molecule has 11 heavy (non-hydrogen) atoms. The lowest BCUT2D eigenvalue weighted by Crippen LogP contribution is -1.81. The number of halogens is 2. The molecule has 0 nitrogen and oxygen atoms in total. The molecule has 0 heterocycles. The molecular weight excluding hydrogens is 223 g/mol. The van der Waals surface area contributed by atoms with Gasteiger partial charge >= 0.3 is 0 Å². The topological polar surface area (TPSA) is 0 Å². The average Bonchev–Trinajstić information content (AvgIpc) is 2.05. The Kier molecular flexibility index (Phi) is 3.16. The largest absolute Gasteiger partial charge is 0.0944 e. The van der Waals surface area contributed by atoms with E-state index in [1.807, 2.05) is 24.3 Å². The standard InChI is InChI=1S/C9H8BrCl/c1-7(6-10)8-2-4-9(11)5-3-8/h2-5H,1,6H2. The van der Waals surface area contributed by atoms with Gasteiger partial charge in [0.1, 0.15) is 0 Å². The van der Waals surface area contributed by atoms with Crippen LogP contribution in [0.5, 0.6) is 0 Å². The Morgan fingerprint density at radius 3 is 2.36 bits per heavy atom. The summed E-state index contributed by atoms with van der Waals surface area (Å²) in [5.41, 5.74) is 2.20. The molecule has 0 saturated heterocycles. The predicted molar refractivity (Wildman–Crippen MR) is 54.3 cm³/mol. The first-order chi connectivity index (χ1) is 5.24. The lowest BCUT2D eigenvalue weighted by atomic mass is 10.1. The normalized spacial score (nSPS) is 9.64. The zero-order valence-corrected chi connectivity index (χ0v) is 8.32. The van der Waals surface area contributed by atoms with Crippen molar-refractivity contribution < 1.29 is 0 Å². The van der Waals surface area contributed by atoms with Gasteiger partial charge in [-0.15, -0.1) is 0 Å². The van der Waals surface area contributed by atoms with Gasteiger partial charge in [0.2, 0.25) is 0 Å². The first-order valence-corrected chi connectivity index (χ1v) is 4.73. The van der Waals surface area contributed by atoms with E-state index in [9.17, 15) is 0 Å². The van der Waals surface area contributed by atoms with Gasteiger partial charge in [-0.25, -0.2) is 0 Å². The van der Waals surface area contributed by atoms with Gasteiger partial charge in [0.05, 0.1) is 0 Å². The van der Waals surface area contributed by atoms with Crippen molar-refractivity contribution in [3.05, 3.63) is 41.4 Å². The molecule has 0 radical (unpaired) electrons. The summed E-state index contributed by atoms with van der Waals surface area (Å²) < 4.78 is 0. The fourth-order valence-corrected chi connectivity index (χ4v) is 1.21. The lowest BCUT2D eigenvalue weighted by Gasteiger charge is -2.00. The fourth-order valence-electron chi connectivity index (χ4n) is 0.763. The molecule has 2 heteroatoms. The summed E-state index contributed by atoms with van der Waals surface area (Å²) in [4.78, 5) is 0. The van der Waals surface area contributed by atoms with Gasteiger partial charge in [-0.2, -0.15) is 0 Å². The molecule has 0 aliphatic carbocycles. The number of rotatable bonds is 2. The van der Waals surface area contributed by atoms with Gasteiger partial charge in [-0.05, 0) is 23.3 Å². The molecule has 0 aliphatic heterocycles. The Bertz CT molecular complexity index is 251. The molecule has 0 atom stereocenters. The van der Waals surface area contributed by atoms with Gasteiger partial charge in [0, 0.05) is 10.4 Å². The van der Waals surface area contributed by atoms with E-state index in [0.717, 1.165) is 21.5 Å². The summed E-state index contributed by atoms with van der Waals surface area (Å²) in [6.45, 7) is 3.88. The zero-order valence-electron chi connectivity index (χ0n) is 5.98. The van der Waals surface area contributed by atoms with E-state index in [0.29, 0.717) is 0 Å². The van der Waals surface area contributed by atoms with Crippen molar-refractivity contribution in [2.45, 2.75) is 0 Å². The van der Waals surface area contributed by atoms with E-state index in [1.165, 1.54) is 0 Å². The molecule has 0 fully saturated rings. The second-order valence-electron chi connectivity index (χ2n) is 2.24. The SMILES string of the molecule is C=C(CBr)c1ccc(Cl)cc1. The average molecular weight is 232 g/mol. The quantitative estimate of drug-likeness (QED) is 0.680. The third-order valence-corrected chi connectivity index (χ3v) is 2.34. The molecule has 0 saturated carbocycles. The van der Waals surface area contributed by atoms with Crippen LogP contribution in [0.3, 0.4) is 0 Å². The minimum absolute atomic E-state index is 0.760. The van der Waals surface area contributed by atoms with Crippen LogP contribution < -0.4 is 0 Å². The molecule has 0 spiro atoms. The van der Waals surface area contributed by atoms with Crippen LogP contribution in [-0.4, -0.2) is 5.33 Å². The Hall–Kier alpha value is -0.270. The van der Waals surface area contributed by atoms with Gasteiger partial charge < -0.3 is 0 Å². The van der Waals surface area contributed by atoms with Crippen molar-refractivity contribution in [2.75, 3.05) is 5.33 Å². The van der Waals surface area contributed by atoms with Crippen LogP contribution in [0, 0.1) is 0 Å². The summed E-state index contributed by atoms with van der Waals surface area (Å²) in [6.07, 6.45) is 0. The molecule has 0 amide bonds. The van der Waals surface area contributed by atoms with E-state index >= 15 is 0 Å². The molecule has 58 valence electrons. The molecule has 0 aliphatic rings. The van der Waals surface area contributed by atoms with Crippen LogP contribution in [0.25, 0.3) is 5.57 Å². The van der Waals surface area contributed by atoms with Crippen LogP contribution in [0.2, 0.25) is 5.02 Å². The summed E-state index contributed by atoms with van der Waals surface area (Å²) in [6, 6.07) is 7.66. The summed E-state index contributed by atoms with van der Waals surface area (Å²) in [5, 5.41) is 1.56. The highest BCUT2D eigenvalue weighted by molar-refractivity contribution is 9.09. The summed E-state index contributed by atoms with van der Waals surface area (Å²) in [5.74, 6) is 0.